The molecule has 0 saturated carbocycles. The van der Waals surface area contributed by atoms with E-state index >= 15 is 0 Å². The van der Waals surface area contributed by atoms with Crippen LogP contribution in [0.15, 0.2) is 47.1 Å². The Morgan fingerprint density at radius 3 is 3.00 bits per heavy atom. The first kappa shape index (κ1) is 14.5. The van der Waals surface area contributed by atoms with Crippen molar-refractivity contribution in [2.45, 2.75) is 31.3 Å². The van der Waals surface area contributed by atoms with Crippen molar-refractivity contribution < 1.29 is 9.21 Å². The molecule has 0 radical (unpaired) electrons. The average molecular weight is 311 g/mol. The molecule has 5 nitrogen and oxygen atoms in total. The Morgan fingerprint density at radius 2 is 2.13 bits per heavy atom. The van der Waals surface area contributed by atoms with E-state index in [1.165, 1.54) is 11.1 Å². The van der Waals surface area contributed by atoms with Gasteiger partial charge in [-0.3, -0.25) is 4.79 Å². The summed E-state index contributed by atoms with van der Waals surface area (Å²) in [4.78, 5) is 12.5. The van der Waals surface area contributed by atoms with E-state index in [1.54, 1.807) is 6.26 Å². The molecule has 1 amide bonds. The molecule has 0 spiro atoms. The van der Waals surface area contributed by atoms with Crippen molar-refractivity contribution >= 4 is 5.91 Å². The molecule has 1 saturated heterocycles. The van der Waals surface area contributed by atoms with Crippen LogP contribution in [0.5, 0.6) is 0 Å². The molecule has 1 aromatic heterocycles. The first-order valence-corrected chi connectivity index (χ1v) is 8.22. The normalized spacial score (nSPS) is 25.7. The summed E-state index contributed by atoms with van der Waals surface area (Å²) in [7, 11) is 0. The zero-order valence-electron chi connectivity index (χ0n) is 12.9. The van der Waals surface area contributed by atoms with Crippen molar-refractivity contribution in [2.75, 3.05) is 6.54 Å². The van der Waals surface area contributed by atoms with Gasteiger partial charge in [-0.15, -0.1) is 0 Å². The number of amides is 1. The summed E-state index contributed by atoms with van der Waals surface area (Å²) in [5, 5.41) is 3.02. The monoisotopic (exact) mass is 311 g/mol. The average Bonchev–Trinajstić information content (AvgIpc) is 3.24. The first-order chi connectivity index (χ1) is 11.3. The highest BCUT2D eigenvalue weighted by atomic mass is 16.3. The van der Waals surface area contributed by atoms with E-state index < -0.39 is 0 Å². The number of furan rings is 1. The Hall–Kier alpha value is -2.11. The zero-order chi connectivity index (χ0) is 15.6. The molecule has 2 aliphatic rings. The fourth-order valence-electron chi connectivity index (χ4n) is 3.75. The first-order valence-electron chi connectivity index (χ1n) is 8.22. The molecule has 5 heteroatoms. The standard InChI is InChI=1S/C18H21N3O2/c22-18(19-10-9-13-5-3-11-23-13)17-15-8-7-12-4-1-2-6-14(12)16(15)20-21-17/h1-6,11,15-17,20-21H,7-10H2,(H,19,22). The van der Waals surface area contributed by atoms with Gasteiger partial charge >= 0.3 is 0 Å². The van der Waals surface area contributed by atoms with Crippen LogP contribution < -0.4 is 16.2 Å². The molecule has 3 N–H and O–H groups in total. The van der Waals surface area contributed by atoms with Gasteiger partial charge in [0.25, 0.3) is 0 Å². The lowest BCUT2D eigenvalue weighted by Gasteiger charge is -2.29. The summed E-state index contributed by atoms with van der Waals surface area (Å²) >= 11 is 0. The third-order valence-corrected chi connectivity index (χ3v) is 4.92. The molecule has 120 valence electrons. The number of nitrogens with one attached hydrogen (secondary N) is 3. The molecule has 1 aromatic carbocycles. The van der Waals surface area contributed by atoms with Crippen LogP contribution >= 0.6 is 0 Å². The number of benzene rings is 1. The minimum atomic E-state index is -0.176. The maximum absolute atomic E-state index is 12.5. The molecule has 3 unspecified atom stereocenters. The number of hydrogen-bond acceptors (Lipinski definition) is 4. The Labute approximate surface area is 135 Å². The van der Waals surface area contributed by atoms with Gasteiger partial charge in [0, 0.05) is 18.9 Å². The molecule has 1 fully saturated rings. The molecule has 1 aliphatic heterocycles. The summed E-state index contributed by atoms with van der Waals surface area (Å²) in [6.07, 6.45) is 4.44. The lowest BCUT2D eigenvalue weighted by atomic mass is 9.77. The predicted molar refractivity (Wildman–Crippen MR) is 86.5 cm³/mol. The lowest BCUT2D eigenvalue weighted by Crippen LogP contribution is -2.46. The van der Waals surface area contributed by atoms with Crippen LogP contribution in [0.25, 0.3) is 0 Å². The lowest BCUT2D eigenvalue weighted by molar-refractivity contribution is -0.123. The SMILES string of the molecule is O=C(NCCc1ccco1)C1NNC2c3ccccc3CCC12. The van der Waals surface area contributed by atoms with Gasteiger partial charge < -0.3 is 9.73 Å². The van der Waals surface area contributed by atoms with Crippen molar-refractivity contribution in [1.29, 1.82) is 0 Å². The molecule has 4 rings (SSSR count). The van der Waals surface area contributed by atoms with Gasteiger partial charge in [0.05, 0.1) is 12.3 Å². The smallest absolute Gasteiger partial charge is 0.238 e. The van der Waals surface area contributed by atoms with E-state index in [0.29, 0.717) is 12.5 Å². The van der Waals surface area contributed by atoms with Crippen molar-refractivity contribution in [2.24, 2.45) is 5.92 Å². The minimum Gasteiger partial charge on any atom is -0.469 e. The minimum absolute atomic E-state index is 0.0657. The van der Waals surface area contributed by atoms with Crippen LogP contribution in [-0.4, -0.2) is 18.5 Å². The number of rotatable bonds is 4. The summed E-state index contributed by atoms with van der Waals surface area (Å²) < 4.78 is 5.29. The maximum Gasteiger partial charge on any atom is 0.238 e. The van der Waals surface area contributed by atoms with Gasteiger partial charge in [0.2, 0.25) is 5.91 Å². The summed E-state index contributed by atoms with van der Waals surface area (Å²) in [5.74, 6) is 1.26. The Bertz CT molecular complexity index is 683. The molecule has 0 bridgehead atoms. The van der Waals surface area contributed by atoms with Gasteiger partial charge in [-0.25, -0.2) is 10.9 Å². The second kappa shape index (κ2) is 6.18. The Kier molecular flexibility index (Phi) is 3.89. The molecular weight excluding hydrogens is 290 g/mol. The molecular formula is C18H21N3O2. The number of aryl methyl sites for hydroxylation is 1. The van der Waals surface area contributed by atoms with E-state index in [1.807, 2.05) is 12.1 Å². The van der Waals surface area contributed by atoms with Crippen LogP contribution in [0.4, 0.5) is 0 Å². The van der Waals surface area contributed by atoms with Crippen molar-refractivity contribution in [3.05, 3.63) is 59.5 Å². The summed E-state index contributed by atoms with van der Waals surface area (Å²) in [5.41, 5.74) is 9.23. The largest absolute Gasteiger partial charge is 0.469 e. The zero-order valence-corrected chi connectivity index (χ0v) is 12.9. The fraction of sp³-hybridized carbons (Fsp3) is 0.389. The van der Waals surface area contributed by atoms with E-state index in [0.717, 1.165) is 25.0 Å². The molecule has 2 heterocycles. The van der Waals surface area contributed by atoms with Crippen LogP contribution in [-0.2, 0) is 17.6 Å². The van der Waals surface area contributed by atoms with Crippen LogP contribution in [0.3, 0.4) is 0 Å². The molecule has 3 atom stereocenters. The highest BCUT2D eigenvalue weighted by Gasteiger charge is 2.42. The van der Waals surface area contributed by atoms with E-state index in [-0.39, 0.29) is 18.0 Å². The number of hydrogen-bond donors (Lipinski definition) is 3. The number of carbonyl (C=O) groups is 1. The molecule has 23 heavy (non-hydrogen) atoms. The Balaban J connectivity index is 1.38. The van der Waals surface area contributed by atoms with E-state index in [9.17, 15) is 4.79 Å². The second-order valence-corrected chi connectivity index (χ2v) is 6.27. The van der Waals surface area contributed by atoms with E-state index in [4.69, 9.17) is 4.42 Å². The quantitative estimate of drug-likeness (QED) is 0.804. The van der Waals surface area contributed by atoms with Gasteiger partial charge in [-0.05, 0) is 36.1 Å². The summed E-state index contributed by atoms with van der Waals surface area (Å²) in [6, 6.07) is 12.3. The van der Waals surface area contributed by atoms with Crippen LogP contribution in [0.1, 0.15) is 29.3 Å². The number of fused-ring (bicyclic) bond motifs is 3. The van der Waals surface area contributed by atoms with Gasteiger partial charge in [-0.2, -0.15) is 0 Å². The maximum atomic E-state index is 12.5. The van der Waals surface area contributed by atoms with Crippen molar-refractivity contribution in [3.8, 4) is 0 Å². The number of hydrazine groups is 1. The third-order valence-electron chi connectivity index (χ3n) is 4.92. The highest BCUT2D eigenvalue weighted by molar-refractivity contribution is 5.82. The van der Waals surface area contributed by atoms with Crippen molar-refractivity contribution in [3.63, 3.8) is 0 Å². The van der Waals surface area contributed by atoms with Gasteiger partial charge in [-0.1, -0.05) is 24.3 Å². The Morgan fingerprint density at radius 1 is 1.22 bits per heavy atom. The van der Waals surface area contributed by atoms with Crippen LogP contribution in [0.2, 0.25) is 0 Å². The predicted octanol–water partition coefficient (Wildman–Crippen LogP) is 1.72. The molecule has 1 aliphatic carbocycles. The molecule has 2 aromatic rings. The van der Waals surface area contributed by atoms with Gasteiger partial charge in [0.15, 0.2) is 0 Å². The topological polar surface area (TPSA) is 66.3 Å². The van der Waals surface area contributed by atoms with E-state index in [2.05, 4.69) is 40.4 Å². The third kappa shape index (κ3) is 2.78. The van der Waals surface area contributed by atoms with Crippen LogP contribution in [0, 0.1) is 5.92 Å². The summed E-state index contributed by atoms with van der Waals surface area (Å²) in [6.45, 7) is 0.596. The van der Waals surface area contributed by atoms with Crippen molar-refractivity contribution in [1.82, 2.24) is 16.2 Å². The highest BCUT2D eigenvalue weighted by Crippen LogP contribution is 2.38. The van der Waals surface area contributed by atoms with Gasteiger partial charge in [0.1, 0.15) is 11.8 Å². The number of carbonyl (C=O) groups excluding carboxylic acids is 1. The second-order valence-electron chi connectivity index (χ2n) is 6.27. The fourth-order valence-corrected chi connectivity index (χ4v) is 3.75.